The molecule has 0 amide bonds. The molecule has 0 bridgehead atoms. The highest BCUT2D eigenvalue weighted by Gasteiger charge is 2.15. The molecule has 2 nitrogen and oxygen atoms in total. The van der Waals surface area contributed by atoms with Crippen molar-refractivity contribution in [3.8, 4) is 0 Å². The lowest BCUT2D eigenvalue weighted by atomic mass is 10.0. The van der Waals surface area contributed by atoms with Gasteiger partial charge >= 0.3 is 0 Å². The Kier molecular flexibility index (Phi) is 6.92. The van der Waals surface area contributed by atoms with E-state index in [9.17, 15) is 0 Å². The first-order valence-electron chi connectivity index (χ1n) is 5.05. The maximum absolute atomic E-state index is 5.64. The molecule has 0 saturated heterocycles. The molecule has 13 heavy (non-hydrogen) atoms. The third-order valence-corrected chi connectivity index (χ3v) is 2.18. The summed E-state index contributed by atoms with van der Waals surface area (Å²) in [6.07, 6.45) is 3.07. The summed E-state index contributed by atoms with van der Waals surface area (Å²) >= 11 is 0. The average molecular weight is 186 g/mol. The van der Waals surface area contributed by atoms with Gasteiger partial charge in [0, 0.05) is 12.5 Å². The van der Waals surface area contributed by atoms with Crippen LogP contribution in [0.2, 0.25) is 0 Å². The summed E-state index contributed by atoms with van der Waals surface area (Å²) in [5.74, 6) is 0.419. The minimum absolute atomic E-state index is 0.117. The Morgan fingerprint density at radius 2 is 1.92 bits per heavy atom. The summed E-state index contributed by atoms with van der Waals surface area (Å²) in [6, 6.07) is 0. The van der Waals surface area contributed by atoms with Crippen LogP contribution in [0.15, 0.2) is 12.7 Å². The maximum atomic E-state index is 5.64. The molecule has 0 saturated carbocycles. The summed E-state index contributed by atoms with van der Waals surface area (Å²) in [6.45, 7) is 12.6. The van der Waals surface area contributed by atoms with Gasteiger partial charge in [-0.25, -0.2) is 0 Å². The monoisotopic (exact) mass is 186 g/mol. The first-order valence-corrected chi connectivity index (χ1v) is 5.05. The van der Waals surface area contributed by atoms with E-state index in [1.165, 1.54) is 0 Å². The highest BCUT2D eigenvalue weighted by atomic mass is 16.7. The SMILES string of the molecule is C=C[C@H](CC)[C@@H](C)OC(C)OCC. The van der Waals surface area contributed by atoms with Gasteiger partial charge in [0.05, 0.1) is 6.10 Å². The molecule has 3 atom stereocenters. The second-order valence-electron chi connectivity index (χ2n) is 3.17. The van der Waals surface area contributed by atoms with E-state index in [4.69, 9.17) is 9.47 Å². The molecule has 0 N–H and O–H groups in total. The molecule has 0 fully saturated rings. The van der Waals surface area contributed by atoms with Gasteiger partial charge in [0.25, 0.3) is 0 Å². The van der Waals surface area contributed by atoms with Crippen molar-refractivity contribution in [1.82, 2.24) is 0 Å². The normalized spacial score (nSPS) is 17.8. The molecule has 0 aliphatic rings. The number of hydrogen-bond donors (Lipinski definition) is 0. The molecular weight excluding hydrogens is 164 g/mol. The summed E-state index contributed by atoms with van der Waals surface area (Å²) in [5.41, 5.74) is 0. The predicted molar refractivity (Wildman–Crippen MR) is 55.6 cm³/mol. The molecule has 2 heteroatoms. The second-order valence-corrected chi connectivity index (χ2v) is 3.17. The zero-order valence-electron chi connectivity index (χ0n) is 9.25. The molecule has 0 rings (SSSR count). The fourth-order valence-electron chi connectivity index (χ4n) is 1.37. The van der Waals surface area contributed by atoms with Gasteiger partial charge in [-0.3, -0.25) is 0 Å². The van der Waals surface area contributed by atoms with Crippen LogP contribution in [0.4, 0.5) is 0 Å². The van der Waals surface area contributed by atoms with Crippen molar-refractivity contribution < 1.29 is 9.47 Å². The van der Waals surface area contributed by atoms with Crippen LogP contribution in [-0.2, 0) is 9.47 Å². The van der Waals surface area contributed by atoms with Gasteiger partial charge in [0.1, 0.15) is 0 Å². The number of ether oxygens (including phenoxy) is 2. The predicted octanol–water partition coefficient (Wildman–Crippen LogP) is 2.99. The van der Waals surface area contributed by atoms with Gasteiger partial charge < -0.3 is 9.47 Å². The summed E-state index contributed by atoms with van der Waals surface area (Å²) < 4.78 is 10.9. The summed E-state index contributed by atoms with van der Waals surface area (Å²) in [4.78, 5) is 0. The molecule has 1 unspecified atom stereocenters. The Morgan fingerprint density at radius 1 is 1.31 bits per heavy atom. The molecule has 0 spiro atoms. The number of hydrogen-bond acceptors (Lipinski definition) is 2. The van der Waals surface area contributed by atoms with Crippen molar-refractivity contribution in [3.63, 3.8) is 0 Å². The van der Waals surface area contributed by atoms with E-state index < -0.39 is 0 Å². The third kappa shape index (κ3) is 5.06. The highest BCUT2D eigenvalue weighted by molar-refractivity contribution is 4.82. The van der Waals surface area contributed by atoms with E-state index in [0.717, 1.165) is 6.42 Å². The number of rotatable bonds is 7. The van der Waals surface area contributed by atoms with E-state index in [1.54, 1.807) is 0 Å². The zero-order valence-corrected chi connectivity index (χ0v) is 9.25. The molecule has 0 aromatic rings. The van der Waals surface area contributed by atoms with E-state index in [1.807, 2.05) is 19.9 Å². The Labute approximate surface area is 81.9 Å². The Balaban J connectivity index is 3.82. The lowest BCUT2D eigenvalue weighted by Gasteiger charge is -2.23. The quantitative estimate of drug-likeness (QED) is 0.449. The lowest BCUT2D eigenvalue weighted by molar-refractivity contribution is -0.161. The van der Waals surface area contributed by atoms with E-state index in [2.05, 4.69) is 20.4 Å². The van der Waals surface area contributed by atoms with Gasteiger partial charge in [0.15, 0.2) is 6.29 Å². The van der Waals surface area contributed by atoms with Crippen molar-refractivity contribution in [2.24, 2.45) is 5.92 Å². The Bertz CT molecular complexity index is 134. The van der Waals surface area contributed by atoms with Gasteiger partial charge in [-0.2, -0.15) is 0 Å². The van der Waals surface area contributed by atoms with Crippen LogP contribution >= 0.6 is 0 Å². The molecule has 0 aliphatic heterocycles. The molecule has 0 heterocycles. The smallest absolute Gasteiger partial charge is 0.155 e. The molecule has 0 radical (unpaired) electrons. The highest BCUT2D eigenvalue weighted by Crippen LogP contribution is 2.14. The first kappa shape index (κ1) is 12.7. The summed E-state index contributed by atoms with van der Waals surface area (Å²) in [5, 5.41) is 0. The van der Waals surface area contributed by atoms with Gasteiger partial charge in [-0.1, -0.05) is 13.0 Å². The van der Waals surface area contributed by atoms with Crippen LogP contribution in [-0.4, -0.2) is 19.0 Å². The molecule has 78 valence electrons. The van der Waals surface area contributed by atoms with Crippen LogP contribution in [0.5, 0.6) is 0 Å². The van der Waals surface area contributed by atoms with Crippen LogP contribution in [0.1, 0.15) is 34.1 Å². The maximum Gasteiger partial charge on any atom is 0.155 e. The minimum atomic E-state index is -0.117. The Morgan fingerprint density at radius 3 is 2.31 bits per heavy atom. The molecule has 0 aromatic heterocycles. The zero-order chi connectivity index (χ0) is 10.3. The average Bonchev–Trinajstić information content (AvgIpc) is 2.06. The molecule has 0 aliphatic carbocycles. The van der Waals surface area contributed by atoms with Gasteiger partial charge in [-0.15, -0.1) is 6.58 Å². The van der Waals surface area contributed by atoms with Crippen molar-refractivity contribution in [2.45, 2.75) is 46.5 Å². The fourth-order valence-corrected chi connectivity index (χ4v) is 1.37. The van der Waals surface area contributed by atoms with Gasteiger partial charge in [-0.05, 0) is 27.2 Å². The summed E-state index contributed by atoms with van der Waals surface area (Å²) in [7, 11) is 0. The van der Waals surface area contributed by atoms with E-state index in [-0.39, 0.29) is 12.4 Å². The third-order valence-electron chi connectivity index (χ3n) is 2.18. The van der Waals surface area contributed by atoms with E-state index >= 15 is 0 Å². The molecular formula is C11H22O2. The van der Waals surface area contributed by atoms with Crippen molar-refractivity contribution in [2.75, 3.05) is 6.61 Å². The Hall–Kier alpha value is -0.340. The van der Waals surface area contributed by atoms with Crippen molar-refractivity contribution >= 4 is 0 Å². The minimum Gasteiger partial charge on any atom is -0.353 e. The fraction of sp³-hybridized carbons (Fsp3) is 0.818. The van der Waals surface area contributed by atoms with Crippen LogP contribution in [0.25, 0.3) is 0 Å². The lowest BCUT2D eigenvalue weighted by Crippen LogP contribution is -2.25. The molecule has 0 aromatic carbocycles. The largest absolute Gasteiger partial charge is 0.353 e. The second kappa shape index (κ2) is 7.10. The first-order chi connectivity index (χ1) is 6.15. The van der Waals surface area contributed by atoms with Crippen LogP contribution in [0.3, 0.4) is 0 Å². The topological polar surface area (TPSA) is 18.5 Å². The van der Waals surface area contributed by atoms with Gasteiger partial charge in [0.2, 0.25) is 0 Å². The van der Waals surface area contributed by atoms with Crippen molar-refractivity contribution in [1.29, 1.82) is 0 Å². The van der Waals surface area contributed by atoms with Crippen LogP contribution < -0.4 is 0 Å². The standard InChI is InChI=1S/C11H22O2/c1-6-11(7-2)9(4)13-10(5)12-8-3/h6,9-11H,1,7-8H2,2-5H3/t9-,10?,11-/m1/s1. The van der Waals surface area contributed by atoms with E-state index in [0.29, 0.717) is 12.5 Å². The van der Waals surface area contributed by atoms with Crippen LogP contribution in [0, 0.1) is 5.92 Å². The van der Waals surface area contributed by atoms with Crippen molar-refractivity contribution in [3.05, 3.63) is 12.7 Å².